The first-order chi connectivity index (χ1) is 11.3. The maximum absolute atomic E-state index is 10.5. The highest BCUT2D eigenvalue weighted by molar-refractivity contribution is 5.50. The van der Waals surface area contributed by atoms with E-state index in [0.717, 1.165) is 22.3 Å². The third-order valence-corrected chi connectivity index (χ3v) is 4.85. The highest BCUT2D eigenvalue weighted by Crippen LogP contribution is 2.35. The average Bonchev–Trinajstić information content (AvgIpc) is 2.43. The van der Waals surface area contributed by atoms with Gasteiger partial charge in [-0.25, -0.2) is 0 Å². The van der Waals surface area contributed by atoms with Crippen LogP contribution in [0.2, 0.25) is 0 Å². The molecular formula is C23H32O2. The van der Waals surface area contributed by atoms with Crippen molar-refractivity contribution in [3.8, 4) is 11.5 Å². The lowest BCUT2D eigenvalue weighted by molar-refractivity contribution is 0.458. The first kappa shape index (κ1) is 19.4. The van der Waals surface area contributed by atoms with Crippen molar-refractivity contribution in [1.29, 1.82) is 0 Å². The Labute approximate surface area is 152 Å². The Morgan fingerprint density at radius 3 is 1.24 bits per heavy atom. The minimum Gasteiger partial charge on any atom is -0.508 e. The van der Waals surface area contributed by atoms with Gasteiger partial charge < -0.3 is 10.2 Å². The predicted molar refractivity (Wildman–Crippen MR) is 106 cm³/mol. The summed E-state index contributed by atoms with van der Waals surface area (Å²) in [4.78, 5) is 0. The number of phenols is 2. The van der Waals surface area contributed by atoms with Crippen LogP contribution in [0.4, 0.5) is 0 Å². The van der Waals surface area contributed by atoms with Crippen LogP contribution in [0, 0.1) is 13.8 Å². The molecule has 0 spiro atoms. The Morgan fingerprint density at radius 1 is 0.640 bits per heavy atom. The summed E-state index contributed by atoms with van der Waals surface area (Å²) in [6, 6.07) is 7.83. The maximum atomic E-state index is 10.5. The number of benzene rings is 2. The molecule has 0 aliphatic carbocycles. The summed E-state index contributed by atoms with van der Waals surface area (Å²) in [5.74, 6) is 0.597. The van der Waals surface area contributed by atoms with Gasteiger partial charge >= 0.3 is 0 Å². The van der Waals surface area contributed by atoms with Gasteiger partial charge in [0.05, 0.1) is 0 Å². The number of aromatic hydroxyl groups is 2. The lowest BCUT2D eigenvalue weighted by atomic mass is 9.81. The van der Waals surface area contributed by atoms with Gasteiger partial charge in [0.2, 0.25) is 0 Å². The summed E-state index contributed by atoms with van der Waals surface area (Å²) in [5.41, 5.74) is 6.33. The van der Waals surface area contributed by atoms with Crippen molar-refractivity contribution >= 4 is 0 Å². The van der Waals surface area contributed by atoms with E-state index in [1.165, 1.54) is 11.1 Å². The first-order valence-electron chi connectivity index (χ1n) is 8.96. The summed E-state index contributed by atoms with van der Waals surface area (Å²) >= 11 is 0. The molecule has 0 aliphatic heterocycles. The number of hydrogen-bond donors (Lipinski definition) is 2. The lowest BCUT2D eigenvalue weighted by Gasteiger charge is -2.24. The fourth-order valence-corrected chi connectivity index (χ4v) is 3.62. The summed E-state index contributed by atoms with van der Waals surface area (Å²) in [5, 5.41) is 21.0. The van der Waals surface area contributed by atoms with Gasteiger partial charge in [-0.3, -0.25) is 0 Å². The molecule has 0 saturated carbocycles. The first-order valence-corrected chi connectivity index (χ1v) is 8.96. The Morgan fingerprint density at radius 2 is 0.960 bits per heavy atom. The molecule has 2 nitrogen and oxygen atoms in total. The highest BCUT2D eigenvalue weighted by Gasteiger charge is 2.21. The zero-order valence-electron chi connectivity index (χ0n) is 16.9. The molecule has 2 heteroatoms. The zero-order valence-corrected chi connectivity index (χ0v) is 16.9. The zero-order chi connectivity index (χ0) is 19.2. The van der Waals surface area contributed by atoms with E-state index in [0.29, 0.717) is 17.9 Å². The molecule has 2 aromatic carbocycles. The van der Waals surface area contributed by atoms with Gasteiger partial charge in [0.1, 0.15) is 11.5 Å². The topological polar surface area (TPSA) is 40.5 Å². The standard InChI is InChI=1S/C23H32O2/c1-14-9-16(20(24)12-18(14)22(3,4)5)11-17-10-15(2)19(13-21(17)25)23(6,7)8/h9-10,12-13,24-25H,11H2,1-8H3. The van der Waals surface area contributed by atoms with Crippen molar-refractivity contribution in [2.24, 2.45) is 0 Å². The fourth-order valence-electron chi connectivity index (χ4n) is 3.62. The average molecular weight is 341 g/mol. The smallest absolute Gasteiger partial charge is 0.119 e. The molecule has 25 heavy (non-hydrogen) atoms. The predicted octanol–water partition coefficient (Wildman–Crippen LogP) is 5.90. The van der Waals surface area contributed by atoms with Crippen molar-refractivity contribution in [1.82, 2.24) is 0 Å². The second-order valence-corrected chi connectivity index (χ2v) is 9.27. The van der Waals surface area contributed by atoms with Crippen LogP contribution in [0.5, 0.6) is 11.5 Å². The Hall–Kier alpha value is -1.96. The number of hydrogen-bond acceptors (Lipinski definition) is 2. The summed E-state index contributed by atoms with van der Waals surface area (Å²) in [6.07, 6.45) is 0.522. The van der Waals surface area contributed by atoms with Gasteiger partial charge in [0, 0.05) is 6.42 Å². The normalized spacial score (nSPS) is 12.5. The molecule has 136 valence electrons. The molecule has 0 amide bonds. The molecule has 2 aromatic rings. The SMILES string of the molecule is Cc1cc(Cc2cc(C)c(C(C)(C)C)cc2O)c(O)cc1C(C)(C)C. The quantitative estimate of drug-likeness (QED) is 0.714. The second-order valence-electron chi connectivity index (χ2n) is 9.27. The van der Waals surface area contributed by atoms with Gasteiger partial charge in [-0.2, -0.15) is 0 Å². The van der Waals surface area contributed by atoms with Crippen molar-refractivity contribution in [3.63, 3.8) is 0 Å². The molecule has 0 bridgehead atoms. The van der Waals surface area contributed by atoms with Gasteiger partial charge in [-0.15, -0.1) is 0 Å². The van der Waals surface area contributed by atoms with E-state index >= 15 is 0 Å². The fraction of sp³-hybridized carbons (Fsp3) is 0.478. The van der Waals surface area contributed by atoms with Gasteiger partial charge in [0.25, 0.3) is 0 Å². The van der Waals surface area contributed by atoms with E-state index in [1.54, 1.807) is 0 Å². The number of phenolic OH excluding ortho intramolecular Hbond substituents is 2. The monoisotopic (exact) mass is 340 g/mol. The van der Waals surface area contributed by atoms with Crippen LogP contribution in [-0.4, -0.2) is 10.2 Å². The van der Waals surface area contributed by atoms with Crippen LogP contribution >= 0.6 is 0 Å². The van der Waals surface area contributed by atoms with E-state index in [2.05, 4.69) is 55.4 Å². The largest absolute Gasteiger partial charge is 0.508 e. The summed E-state index contributed by atoms with van der Waals surface area (Å²) in [7, 11) is 0. The molecule has 2 N–H and O–H groups in total. The molecule has 0 radical (unpaired) electrons. The minimum atomic E-state index is -0.00677. The van der Waals surface area contributed by atoms with Gasteiger partial charge in [0.15, 0.2) is 0 Å². The summed E-state index contributed by atoms with van der Waals surface area (Å²) in [6.45, 7) is 17.0. The van der Waals surface area contributed by atoms with Crippen LogP contribution in [0.25, 0.3) is 0 Å². The van der Waals surface area contributed by atoms with E-state index in [4.69, 9.17) is 0 Å². The third kappa shape index (κ3) is 4.18. The van der Waals surface area contributed by atoms with E-state index in [1.807, 2.05) is 24.3 Å². The third-order valence-electron chi connectivity index (χ3n) is 4.85. The maximum Gasteiger partial charge on any atom is 0.119 e. The van der Waals surface area contributed by atoms with Crippen LogP contribution in [0.3, 0.4) is 0 Å². The van der Waals surface area contributed by atoms with Gasteiger partial charge in [-0.1, -0.05) is 53.7 Å². The second kappa shape index (κ2) is 6.40. The molecule has 0 unspecified atom stereocenters. The van der Waals surface area contributed by atoms with Gasteiger partial charge in [-0.05, 0) is 70.2 Å². The molecule has 0 saturated heterocycles. The summed E-state index contributed by atoms with van der Waals surface area (Å²) < 4.78 is 0. The van der Waals surface area contributed by atoms with Crippen molar-refractivity contribution in [2.45, 2.75) is 72.6 Å². The Bertz CT molecular complexity index is 720. The van der Waals surface area contributed by atoms with E-state index in [-0.39, 0.29) is 10.8 Å². The van der Waals surface area contributed by atoms with Crippen molar-refractivity contribution in [2.75, 3.05) is 0 Å². The molecule has 2 rings (SSSR count). The number of rotatable bonds is 2. The highest BCUT2D eigenvalue weighted by atomic mass is 16.3. The molecule has 0 aliphatic rings. The Balaban J connectivity index is 2.44. The Kier molecular flexibility index (Phi) is 4.96. The molecule has 0 atom stereocenters. The van der Waals surface area contributed by atoms with Crippen LogP contribution < -0.4 is 0 Å². The minimum absolute atomic E-state index is 0.00677. The lowest BCUT2D eigenvalue weighted by Crippen LogP contribution is -2.14. The van der Waals surface area contributed by atoms with Crippen LogP contribution in [0.1, 0.15) is 74.9 Å². The van der Waals surface area contributed by atoms with Crippen molar-refractivity contribution in [3.05, 3.63) is 57.6 Å². The molecule has 0 fully saturated rings. The molecular weight excluding hydrogens is 308 g/mol. The van der Waals surface area contributed by atoms with Crippen molar-refractivity contribution < 1.29 is 10.2 Å². The van der Waals surface area contributed by atoms with Crippen LogP contribution in [0.15, 0.2) is 24.3 Å². The molecule has 0 heterocycles. The van der Waals surface area contributed by atoms with E-state index < -0.39 is 0 Å². The number of aryl methyl sites for hydroxylation is 2. The molecule has 0 aromatic heterocycles. The van der Waals surface area contributed by atoms with Crippen LogP contribution in [-0.2, 0) is 17.3 Å². The van der Waals surface area contributed by atoms with E-state index in [9.17, 15) is 10.2 Å².